The number of hydrogen-bond acceptors (Lipinski definition) is 5. The van der Waals surface area contributed by atoms with Gasteiger partial charge in [-0.1, -0.05) is 0 Å². The highest BCUT2D eigenvalue weighted by molar-refractivity contribution is 5.25. The maximum absolute atomic E-state index is 8.72. The van der Waals surface area contributed by atoms with E-state index < -0.39 is 0 Å². The van der Waals surface area contributed by atoms with Crippen LogP contribution < -0.4 is 5.32 Å². The molecule has 0 radical (unpaired) electrons. The number of nitrogens with zero attached hydrogens (tertiary/aromatic N) is 5. The summed E-state index contributed by atoms with van der Waals surface area (Å²) in [4.78, 5) is 3.91. The highest BCUT2D eigenvalue weighted by atomic mass is 15.3. The average molecular weight is 228 g/mol. The molecule has 2 rings (SSSR count). The van der Waals surface area contributed by atoms with E-state index in [0.29, 0.717) is 18.8 Å². The maximum atomic E-state index is 8.72. The molecule has 0 aliphatic rings. The van der Waals surface area contributed by atoms with Crippen LogP contribution in [0.25, 0.3) is 0 Å². The van der Waals surface area contributed by atoms with E-state index in [-0.39, 0.29) is 0 Å². The van der Waals surface area contributed by atoms with Crippen LogP contribution in [0.5, 0.6) is 0 Å². The third-order valence-electron chi connectivity index (χ3n) is 2.36. The first-order chi connectivity index (χ1) is 8.29. The summed E-state index contributed by atoms with van der Waals surface area (Å²) >= 11 is 0. The molecule has 0 bridgehead atoms. The molecule has 6 heteroatoms. The van der Waals surface area contributed by atoms with Gasteiger partial charge in [-0.05, 0) is 17.7 Å². The first-order valence-corrected chi connectivity index (χ1v) is 5.18. The number of pyridine rings is 1. The van der Waals surface area contributed by atoms with Crippen LogP contribution in [0.3, 0.4) is 0 Å². The third-order valence-corrected chi connectivity index (χ3v) is 2.36. The molecule has 0 aliphatic heterocycles. The lowest BCUT2D eigenvalue weighted by Crippen LogP contribution is -2.15. The largest absolute Gasteiger partial charge is 0.320 e. The maximum Gasteiger partial charge on any atom is 0.146 e. The molecular formula is C11H12N6. The van der Waals surface area contributed by atoms with Crippen LogP contribution in [0.4, 0.5) is 0 Å². The molecule has 0 spiro atoms. The zero-order chi connectivity index (χ0) is 12.1. The van der Waals surface area contributed by atoms with Gasteiger partial charge in [-0.3, -0.25) is 0 Å². The highest BCUT2D eigenvalue weighted by Gasteiger charge is 2.00. The van der Waals surface area contributed by atoms with Crippen LogP contribution in [0, 0.1) is 11.3 Å². The number of aryl methyl sites for hydroxylation is 1. The van der Waals surface area contributed by atoms with Gasteiger partial charge in [0, 0.05) is 19.8 Å². The fourth-order valence-corrected chi connectivity index (χ4v) is 1.43. The molecule has 0 aromatic carbocycles. The van der Waals surface area contributed by atoms with Gasteiger partial charge in [0.25, 0.3) is 0 Å². The second kappa shape index (κ2) is 5.18. The monoisotopic (exact) mass is 228 g/mol. The Hall–Kier alpha value is -2.26. The number of aromatic nitrogens is 4. The van der Waals surface area contributed by atoms with E-state index in [0.717, 1.165) is 11.4 Å². The van der Waals surface area contributed by atoms with Gasteiger partial charge in [0.05, 0.1) is 6.54 Å². The van der Waals surface area contributed by atoms with Gasteiger partial charge in [-0.25, -0.2) is 4.98 Å². The topological polar surface area (TPSA) is 79.4 Å². The van der Waals surface area contributed by atoms with E-state index in [2.05, 4.69) is 20.5 Å². The zero-order valence-electron chi connectivity index (χ0n) is 9.46. The Morgan fingerprint density at radius 3 is 3.06 bits per heavy atom. The van der Waals surface area contributed by atoms with Gasteiger partial charge < -0.3 is 9.88 Å². The molecular weight excluding hydrogens is 216 g/mol. The molecule has 0 atom stereocenters. The van der Waals surface area contributed by atoms with Crippen molar-refractivity contribution in [3.8, 4) is 6.07 Å². The van der Waals surface area contributed by atoms with Crippen LogP contribution in [0.1, 0.15) is 17.1 Å². The summed E-state index contributed by atoms with van der Waals surface area (Å²) in [5.74, 6) is 0.875. The van der Waals surface area contributed by atoms with Crippen LogP contribution in [0.15, 0.2) is 24.7 Å². The van der Waals surface area contributed by atoms with Crippen molar-refractivity contribution in [3.63, 3.8) is 0 Å². The first-order valence-electron chi connectivity index (χ1n) is 5.18. The van der Waals surface area contributed by atoms with Crippen molar-refractivity contribution in [2.75, 3.05) is 0 Å². The Kier molecular flexibility index (Phi) is 3.43. The minimum Gasteiger partial charge on any atom is -0.320 e. The Morgan fingerprint density at radius 1 is 1.47 bits per heavy atom. The molecule has 0 saturated heterocycles. The van der Waals surface area contributed by atoms with Crippen molar-refractivity contribution in [3.05, 3.63) is 41.7 Å². The summed E-state index contributed by atoms with van der Waals surface area (Å²) in [7, 11) is 1.90. The Labute approximate surface area is 98.9 Å². The molecule has 86 valence electrons. The van der Waals surface area contributed by atoms with Crippen molar-refractivity contribution in [2.24, 2.45) is 7.05 Å². The van der Waals surface area contributed by atoms with E-state index in [9.17, 15) is 0 Å². The van der Waals surface area contributed by atoms with Crippen LogP contribution in [-0.2, 0) is 20.1 Å². The smallest absolute Gasteiger partial charge is 0.146 e. The summed E-state index contributed by atoms with van der Waals surface area (Å²) in [5.41, 5.74) is 1.46. The van der Waals surface area contributed by atoms with Crippen molar-refractivity contribution < 1.29 is 0 Å². The molecule has 0 saturated carbocycles. The molecule has 17 heavy (non-hydrogen) atoms. The number of hydrogen-bond donors (Lipinski definition) is 1. The minimum atomic E-state index is 0.433. The van der Waals surface area contributed by atoms with E-state index in [1.54, 1.807) is 18.6 Å². The lowest BCUT2D eigenvalue weighted by molar-refractivity contribution is 0.637. The lowest BCUT2D eigenvalue weighted by atomic mass is 10.2. The van der Waals surface area contributed by atoms with Crippen molar-refractivity contribution in [1.29, 1.82) is 5.26 Å². The number of nitriles is 1. The van der Waals surface area contributed by atoms with Crippen molar-refractivity contribution in [2.45, 2.75) is 13.1 Å². The molecule has 2 aromatic heterocycles. The molecule has 0 unspecified atom stereocenters. The van der Waals surface area contributed by atoms with Crippen molar-refractivity contribution in [1.82, 2.24) is 25.1 Å². The van der Waals surface area contributed by atoms with Crippen LogP contribution in [0.2, 0.25) is 0 Å². The number of nitrogens with one attached hydrogen (secondary N) is 1. The second-order valence-electron chi connectivity index (χ2n) is 3.62. The zero-order valence-corrected chi connectivity index (χ0v) is 9.46. The van der Waals surface area contributed by atoms with Gasteiger partial charge in [-0.2, -0.15) is 5.26 Å². The standard InChI is InChI=1S/C11H12N6/c1-17-8-15-16-11(17)7-13-6-9-2-3-14-10(4-9)5-12/h2-4,8,13H,6-7H2,1H3. The average Bonchev–Trinajstić information content (AvgIpc) is 2.76. The third kappa shape index (κ3) is 2.86. The van der Waals surface area contributed by atoms with Crippen molar-refractivity contribution >= 4 is 0 Å². The lowest BCUT2D eigenvalue weighted by Gasteiger charge is -2.04. The molecule has 2 heterocycles. The summed E-state index contributed by atoms with van der Waals surface area (Å²) in [6.45, 7) is 1.31. The predicted molar refractivity (Wildman–Crippen MR) is 60.5 cm³/mol. The fourth-order valence-electron chi connectivity index (χ4n) is 1.43. The quantitative estimate of drug-likeness (QED) is 0.818. The minimum absolute atomic E-state index is 0.433. The van der Waals surface area contributed by atoms with Gasteiger partial charge in [0.1, 0.15) is 23.9 Å². The fraction of sp³-hybridized carbons (Fsp3) is 0.273. The molecule has 0 amide bonds. The Morgan fingerprint density at radius 2 is 2.35 bits per heavy atom. The van der Waals surface area contributed by atoms with E-state index >= 15 is 0 Å². The van der Waals surface area contributed by atoms with Gasteiger partial charge in [0.2, 0.25) is 0 Å². The van der Waals surface area contributed by atoms with Gasteiger partial charge >= 0.3 is 0 Å². The molecule has 0 aliphatic carbocycles. The van der Waals surface area contributed by atoms with Gasteiger partial charge in [0.15, 0.2) is 0 Å². The second-order valence-corrected chi connectivity index (χ2v) is 3.62. The number of rotatable bonds is 4. The normalized spacial score (nSPS) is 10.1. The van der Waals surface area contributed by atoms with E-state index in [4.69, 9.17) is 5.26 Å². The van der Waals surface area contributed by atoms with E-state index in [1.807, 2.05) is 23.8 Å². The Balaban J connectivity index is 1.90. The molecule has 0 fully saturated rings. The summed E-state index contributed by atoms with van der Waals surface area (Å²) in [6.07, 6.45) is 3.30. The summed E-state index contributed by atoms with van der Waals surface area (Å²) in [6, 6.07) is 5.66. The Bertz CT molecular complexity index is 539. The molecule has 6 nitrogen and oxygen atoms in total. The molecule has 1 N–H and O–H groups in total. The first kappa shape index (κ1) is 11.2. The summed E-state index contributed by atoms with van der Waals surface area (Å²) < 4.78 is 1.86. The van der Waals surface area contributed by atoms with Crippen LogP contribution in [-0.4, -0.2) is 19.7 Å². The SMILES string of the molecule is Cn1cnnc1CNCc1ccnc(C#N)c1. The summed E-state index contributed by atoms with van der Waals surface area (Å²) in [5, 5.41) is 19.7. The van der Waals surface area contributed by atoms with Crippen LogP contribution >= 0.6 is 0 Å². The predicted octanol–water partition coefficient (Wildman–Crippen LogP) is 0.372. The van der Waals surface area contributed by atoms with E-state index in [1.165, 1.54) is 0 Å². The van der Waals surface area contributed by atoms with Gasteiger partial charge in [-0.15, -0.1) is 10.2 Å². The highest BCUT2D eigenvalue weighted by Crippen LogP contribution is 2.01. The molecule has 2 aromatic rings.